The molecule has 162 valence electrons. The summed E-state index contributed by atoms with van der Waals surface area (Å²) in [6.45, 7) is 4.38. The number of nitrogens with one attached hydrogen (secondary N) is 1. The predicted octanol–water partition coefficient (Wildman–Crippen LogP) is 2.84. The summed E-state index contributed by atoms with van der Waals surface area (Å²) in [5.74, 6) is -1.47. The molecule has 3 amide bonds. The largest absolute Gasteiger partial charge is 0.467 e. The van der Waals surface area contributed by atoms with E-state index >= 15 is 0 Å². The molecule has 1 atom stereocenters. The van der Waals surface area contributed by atoms with E-state index < -0.39 is 23.8 Å². The molecule has 0 fully saturated rings. The molecular weight excluding hydrogens is 396 g/mol. The van der Waals surface area contributed by atoms with Gasteiger partial charge in [0.15, 0.2) is 0 Å². The van der Waals surface area contributed by atoms with Crippen molar-refractivity contribution < 1.29 is 23.9 Å². The Kier molecular flexibility index (Phi) is 6.84. The van der Waals surface area contributed by atoms with E-state index in [1.165, 1.54) is 30.2 Å². The number of ether oxygens (including phenoxy) is 1. The summed E-state index contributed by atoms with van der Waals surface area (Å²) < 4.78 is 4.83. The number of carbonyl (C=O) groups is 4. The normalized spacial score (nSPS) is 13.9. The zero-order valence-electron chi connectivity index (χ0n) is 17.9. The van der Waals surface area contributed by atoms with E-state index in [0.717, 1.165) is 5.56 Å². The molecule has 1 heterocycles. The van der Waals surface area contributed by atoms with Gasteiger partial charge in [-0.05, 0) is 36.1 Å². The maximum absolute atomic E-state index is 12.8. The highest BCUT2D eigenvalue weighted by Gasteiger charge is 2.36. The minimum absolute atomic E-state index is 0.201. The zero-order valence-corrected chi connectivity index (χ0v) is 17.9. The van der Waals surface area contributed by atoms with Crippen LogP contribution in [0.25, 0.3) is 0 Å². The highest BCUT2D eigenvalue weighted by atomic mass is 16.5. The quantitative estimate of drug-likeness (QED) is 0.522. The second-order valence-electron chi connectivity index (χ2n) is 7.94. The summed E-state index contributed by atoms with van der Waals surface area (Å²) in [6.07, 6.45) is 0.976. The molecule has 0 bridgehead atoms. The molecule has 0 aliphatic carbocycles. The van der Waals surface area contributed by atoms with Crippen LogP contribution in [0, 0.1) is 5.92 Å². The minimum Gasteiger partial charge on any atom is -0.467 e. The van der Waals surface area contributed by atoms with Crippen LogP contribution in [0.1, 0.15) is 56.9 Å². The topological polar surface area (TPSA) is 92.8 Å². The number of hydrogen-bond donors (Lipinski definition) is 1. The number of hydrogen-bond acceptors (Lipinski definition) is 5. The van der Waals surface area contributed by atoms with E-state index in [0.29, 0.717) is 24.4 Å². The van der Waals surface area contributed by atoms with Gasteiger partial charge in [0.25, 0.3) is 17.7 Å². The molecule has 7 nitrogen and oxygen atoms in total. The van der Waals surface area contributed by atoms with Crippen LogP contribution in [0.3, 0.4) is 0 Å². The minimum atomic E-state index is -0.881. The van der Waals surface area contributed by atoms with Crippen molar-refractivity contribution in [3.8, 4) is 0 Å². The molecule has 0 aromatic heterocycles. The van der Waals surface area contributed by atoms with E-state index in [2.05, 4.69) is 5.32 Å². The van der Waals surface area contributed by atoms with Crippen molar-refractivity contribution in [1.82, 2.24) is 10.2 Å². The number of amides is 3. The third kappa shape index (κ3) is 4.99. The van der Waals surface area contributed by atoms with Crippen LogP contribution in [-0.4, -0.2) is 48.3 Å². The Morgan fingerprint density at radius 3 is 2.32 bits per heavy atom. The molecule has 2 aromatic rings. The standard InChI is InChI=1S/C24H26N2O5/c1-15(2)11-12-26-22(28)18-10-9-17(14-19(18)23(26)29)21(27)25-20(24(30)31-3)13-16-7-5-4-6-8-16/h4-10,14-15,20H,11-13H2,1-3H3,(H,25,27)/t20-/m0/s1. The molecule has 2 aromatic carbocycles. The van der Waals surface area contributed by atoms with Gasteiger partial charge in [-0.2, -0.15) is 0 Å². The predicted molar refractivity (Wildman–Crippen MR) is 115 cm³/mol. The summed E-state index contributed by atoms with van der Waals surface area (Å²) in [6, 6.07) is 12.8. The number of carbonyl (C=O) groups excluding carboxylic acids is 4. The number of rotatable bonds is 8. The van der Waals surface area contributed by atoms with Crippen LogP contribution >= 0.6 is 0 Å². The van der Waals surface area contributed by atoms with Crippen molar-refractivity contribution in [3.05, 3.63) is 70.8 Å². The van der Waals surface area contributed by atoms with Crippen LogP contribution < -0.4 is 5.32 Å². The fourth-order valence-corrected chi connectivity index (χ4v) is 3.45. The highest BCUT2D eigenvalue weighted by molar-refractivity contribution is 6.22. The number of nitrogens with zero attached hydrogens (tertiary/aromatic N) is 1. The Labute approximate surface area is 181 Å². The fraction of sp³-hybridized carbons (Fsp3) is 0.333. The van der Waals surface area contributed by atoms with Gasteiger partial charge in [0.2, 0.25) is 0 Å². The van der Waals surface area contributed by atoms with Crippen LogP contribution in [0.5, 0.6) is 0 Å². The summed E-state index contributed by atoms with van der Waals surface area (Å²) >= 11 is 0. The Bertz CT molecular complexity index is 1000. The van der Waals surface area contributed by atoms with Gasteiger partial charge in [-0.3, -0.25) is 19.3 Å². The monoisotopic (exact) mass is 422 g/mol. The molecule has 0 radical (unpaired) electrons. The van der Waals surface area contributed by atoms with Crippen molar-refractivity contribution in [2.45, 2.75) is 32.7 Å². The first-order chi connectivity index (χ1) is 14.8. The zero-order chi connectivity index (χ0) is 22.5. The summed E-state index contributed by atoms with van der Waals surface area (Å²) in [5.41, 5.74) is 1.57. The average molecular weight is 422 g/mol. The third-order valence-electron chi connectivity index (χ3n) is 5.24. The molecule has 7 heteroatoms. The third-order valence-corrected chi connectivity index (χ3v) is 5.24. The lowest BCUT2D eigenvalue weighted by atomic mass is 10.0. The van der Waals surface area contributed by atoms with Gasteiger partial charge in [0, 0.05) is 18.5 Å². The van der Waals surface area contributed by atoms with E-state index in [1.807, 2.05) is 44.2 Å². The lowest BCUT2D eigenvalue weighted by Crippen LogP contribution is -2.43. The Morgan fingerprint density at radius 2 is 1.68 bits per heavy atom. The Morgan fingerprint density at radius 1 is 1.00 bits per heavy atom. The van der Waals surface area contributed by atoms with Crippen LogP contribution in [-0.2, 0) is 16.0 Å². The molecule has 0 unspecified atom stereocenters. The molecule has 1 N–H and O–H groups in total. The number of methoxy groups -OCH3 is 1. The maximum Gasteiger partial charge on any atom is 0.328 e. The lowest BCUT2D eigenvalue weighted by Gasteiger charge is -2.17. The summed E-state index contributed by atoms with van der Waals surface area (Å²) in [5, 5.41) is 2.68. The molecule has 1 aliphatic rings. The smallest absolute Gasteiger partial charge is 0.328 e. The number of fused-ring (bicyclic) bond motifs is 1. The summed E-state index contributed by atoms with van der Waals surface area (Å²) in [4.78, 5) is 51.5. The van der Waals surface area contributed by atoms with E-state index in [1.54, 1.807) is 0 Å². The molecule has 0 saturated heterocycles. The number of imide groups is 1. The Balaban J connectivity index is 1.77. The molecule has 31 heavy (non-hydrogen) atoms. The van der Waals surface area contributed by atoms with Gasteiger partial charge in [-0.25, -0.2) is 4.79 Å². The van der Waals surface area contributed by atoms with Crippen molar-refractivity contribution >= 4 is 23.7 Å². The molecule has 0 spiro atoms. The number of benzene rings is 2. The van der Waals surface area contributed by atoms with Crippen LogP contribution in [0.2, 0.25) is 0 Å². The van der Waals surface area contributed by atoms with E-state index in [4.69, 9.17) is 4.74 Å². The number of esters is 1. The summed E-state index contributed by atoms with van der Waals surface area (Å²) in [7, 11) is 1.26. The second-order valence-corrected chi connectivity index (χ2v) is 7.94. The fourth-order valence-electron chi connectivity index (χ4n) is 3.45. The Hall–Kier alpha value is -3.48. The van der Waals surface area contributed by atoms with Crippen molar-refractivity contribution in [1.29, 1.82) is 0 Å². The molecule has 0 saturated carbocycles. The first-order valence-corrected chi connectivity index (χ1v) is 10.2. The molecular formula is C24H26N2O5. The van der Waals surface area contributed by atoms with Gasteiger partial charge >= 0.3 is 5.97 Å². The van der Waals surface area contributed by atoms with E-state index in [-0.39, 0.29) is 23.5 Å². The SMILES string of the molecule is COC(=O)[C@H](Cc1ccccc1)NC(=O)c1ccc2c(c1)C(=O)N(CCC(C)C)C2=O. The molecule has 3 rings (SSSR count). The van der Waals surface area contributed by atoms with Crippen molar-refractivity contribution in [3.63, 3.8) is 0 Å². The second kappa shape index (κ2) is 9.55. The highest BCUT2D eigenvalue weighted by Crippen LogP contribution is 2.25. The van der Waals surface area contributed by atoms with Gasteiger partial charge in [-0.1, -0.05) is 44.2 Å². The van der Waals surface area contributed by atoms with Crippen molar-refractivity contribution in [2.75, 3.05) is 13.7 Å². The van der Waals surface area contributed by atoms with E-state index in [9.17, 15) is 19.2 Å². The average Bonchev–Trinajstić information content (AvgIpc) is 3.01. The van der Waals surface area contributed by atoms with Crippen LogP contribution in [0.15, 0.2) is 48.5 Å². The lowest BCUT2D eigenvalue weighted by molar-refractivity contribution is -0.142. The first-order valence-electron chi connectivity index (χ1n) is 10.2. The van der Waals surface area contributed by atoms with Gasteiger partial charge in [-0.15, -0.1) is 0 Å². The van der Waals surface area contributed by atoms with Gasteiger partial charge in [0.05, 0.1) is 18.2 Å². The maximum atomic E-state index is 12.8. The van der Waals surface area contributed by atoms with Crippen LogP contribution in [0.4, 0.5) is 0 Å². The van der Waals surface area contributed by atoms with Gasteiger partial charge in [0.1, 0.15) is 6.04 Å². The first kappa shape index (κ1) is 22.2. The van der Waals surface area contributed by atoms with Gasteiger partial charge < -0.3 is 10.1 Å². The van der Waals surface area contributed by atoms with Crippen molar-refractivity contribution in [2.24, 2.45) is 5.92 Å². The molecule has 1 aliphatic heterocycles.